The molecule has 1 amide bonds. The first-order chi connectivity index (χ1) is 10.4. The molecule has 0 fully saturated rings. The summed E-state index contributed by atoms with van der Waals surface area (Å²) in [5.74, 6) is -2.17. The molecule has 0 aliphatic carbocycles. The van der Waals surface area contributed by atoms with Crippen LogP contribution in [-0.2, 0) is 4.79 Å². The van der Waals surface area contributed by atoms with Gasteiger partial charge >= 0.3 is 0 Å². The zero-order valence-corrected chi connectivity index (χ0v) is 12.5. The van der Waals surface area contributed by atoms with Crippen LogP contribution in [0.3, 0.4) is 0 Å². The molecule has 0 radical (unpaired) electrons. The maximum atomic E-state index is 13.4. The predicted octanol–water partition coefficient (Wildman–Crippen LogP) is 3.30. The fourth-order valence-electron chi connectivity index (χ4n) is 2.12. The van der Waals surface area contributed by atoms with Crippen molar-refractivity contribution in [1.29, 1.82) is 0 Å². The van der Waals surface area contributed by atoms with E-state index in [1.165, 1.54) is 0 Å². The van der Waals surface area contributed by atoms with Gasteiger partial charge in [-0.1, -0.05) is 0 Å². The van der Waals surface area contributed by atoms with Crippen LogP contribution >= 0.6 is 0 Å². The molecule has 0 aliphatic rings. The number of anilines is 1. The number of ether oxygens (including phenoxy) is 1. The number of carbonyl (C=O) groups is 1. The summed E-state index contributed by atoms with van der Waals surface area (Å²) >= 11 is 0. The first-order valence-electron chi connectivity index (χ1n) is 6.69. The van der Waals surface area contributed by atoms with Crippen LogP contribution in [0.15, 0.2) is 24.3 Å². The summed E-state index contributed by atoms with van der Waals surface area (Å²) in [6, 6.07) is 4.75. The minimum Gasteiger partial charge on any atom is -0.481 e. The van der Waals surface area contributed by atoms with Crippen LogP contribution in [0.4, 0.5) is 14.5 Å². The van der Waals surface area contributed by atoms with Crippen molar-refractivity contribution in [1.82, 2.24) is 4.98 Å². The Morgan fingerprint density at radius 2 is 1.95 bits per heavy atom. The molecule has 0 bridgehead atoms. The zero-order chi connectivity index (χ0) is 16.3. The number of aryl methyl sites for hydroxylation is 3. The van der Waals surface area contributed by atoms with Crippen LogP contribution in [0.25, 0.3) is 0 Å². The third-order valence-corrected chi connectivity index (χ3v) is 3.04. The van der Waals surface area contributed by atoms with E-state index < -0.39 is 17.5 Å². The van der Waals surface area contributed by atoms with E-state index in [1.54, 1.807) is 6.92 Å². The molecule has 0 saturated carbocycles. The highest BCUT2D eigenvalue weighted by Crippen LogP contribution is 2.20. The summed E-state index contributed by atoms with van der Waals surface area (Å²) in [6.07, 6.45) is 0. The third kappa shape index (κ3) is 3.78. The average molecular weight is 306 g/mol. The molecule has 0 spiro atoms. The number of nitrogens with zero attached hydrogens (tertiary/aromatic N) is 1. The highest BCUT2D eigenvalue weighted by molar-refractivity contribution is 5.93. The van der Waals surface area contributed by atoms with E-state index >= 15 is 0 Å². The number of pyridine rings is 1. The Kier molecular flexibility index (Phi) is 4.70. The second-order valence-corrected chi connectivity index (χ2v) is 4.95. The lowest BCUT2D eigenvalue weighted by atomic mass is 10.1. The van der Waals surface area contributed by atoms with Gasteiger partial charge < -0.3 is 10.1 Å². The van der Waals surface area contributed by atoms with E-state index in [9.17, 15) is 13.6 Å². The summed E-state index contributed by atoms with van der Waals surface area (Å²) in [4.78, 5) is 16.2. The van der Waals surface area contributed by atoms with Gasteiger partial charge in [0.25, 0.3) is 5.91 Å². The molecule has 1 heterocycles. The monoisotopic (exact) mass is 306 g/mol. The third-order valence-electron chi connectivity index (χ3n) is 3.04. The maximum absolute atomic E-state index is 13.4. The van der Waals surface area contributed by atoms with E-state index in [1.807, 2.05) is 19.9 Å². The highest BCUT2D eigenvalue weighted by atomic mass is 19.1. The molecule has 2 rings (SSSR count). The number of amides is 1. The molecule has 1 N–H and O–H groups in total. The van der Waals surface area contributed by atoms with Crippen molar-refractivity contribution < 1.29 is 18.3 Å². The molecule has 4 nitrogen and oxygen atoms in total. The molecular weight excluding hydrogens is 290 g/mol. The molecule has 0 unspecified atom stereocenters. The van der Waals surface area contributed by atoms with E-state index in [0.717, 1.165) is 23.4 Å². The van der Waals surface area contributed by atoms with Crippen molar-refractivity contribution in [3.8, 4) is 5.75 Å². The summed E-state index contributed by atoms with van der Waals surface area (Å²) in [6.45, 7) is 5.13. The van der Waals surface area contributed by atoms with Gasteiger partial charge in [0.05, 0.1) is 11.4 Å². The molecule has 0 atom stereocenters. The molecule has 116 valence electrons. The lowest BCUT2D eigenvalue weighted by molar-refractivity contribution is -0.118. The number of hydrogen-bond donors (Lipinski definition) is 1. The summed E-state index contributed by atoms with van der Waals surface area (Å²) in [5, 5.41) is 2.68. The topological polar surface area (TPSA) is 51.2 Å². The number of benzene rings is 1. The molecule has 1 aromatic heterocycles. The van der Waals surface area contributed by atoms with Gasteiger partial charge in [-0.25, -0.2) is 8.78 Å². The molecule has 1 aromatic carbocycles. The molecule has 0 aliphatic heterocycles. The fraction of sp³-hybridized carbons (Fsp3) is 0.250. The normalized spacial score (nSPS) is 10.4. The Morgan fingerprint density at radius 1 is 1.23 bits per heavy atom. The van der Waals surface area contributed by atoms with Crippen molar-refractivity contribution in [3.05, 3.63) is 52.9 Å². The number of nitrogens with one attached hydrogen (secondary N) is 1. The van der Waals surface area contributed by atoms with Crippen molar-refractivity contribution in [2.24, 2.45) is 0 Å². The van der Waals surface area contributed by atoms with Crippen LogP contribution < -0.4 is 10.1 Å². The van der Waals surface area contributed by atoms with Crippen LogP contribution in [-0.4, -0.2) is 17.5 Å². The van der Waals surface area contributed by atoms with E-state index in [2.05, 4.69) is 10.3 Å². The molecule has 22 heavy (non-hydrogen) atoms. The Morgan fingerprint density at radius 3 is 2.59 bits per heavy atom. The SMILES string of the molecule is Cc1cc(C)c(NC(=O)COc2ccc(F)cc2F)c(C)n1. The van der Waals surface area contributed by atoms with Crippen molar-refractivity contribution in [2.75, 3.05) is 11.9 Å². The van der Waals surface area contributed by atoms with Crippen LogP contribution in [0, 0.1) is 32.4 Å². The average Bonchev–Trinajstić information content (AvgIpc) is 2.42. The van der Waals surface area contributed by atoms with Gasteiger partial charge in [0, 0.05) is 11.8 Å². The highest BCUT2D eigenvalue weighted by Gasteiger charge is 2.11. The van der Waals surface area contributed by atoms with Crippen molar-refractivity contribution >= 4 is 11.6 Å². The largest absolute Gasteiger partial charge is 0.481 e. The number of rotatable bonds is 4. The molecular formula is C16H16F2N2O2. The maximum Gasteiger partial charge on any atom is 0.262 e. The summed E-state index contributed by atoms with van der Waals surface area (Å²) in [7, 11) is 0. The smallest absolute Gasteiger partial charge is 0.262 e. The van der Waals surface area contributed by atoms with Gasteiger partial charge in [0.1, 0.15) is 5.82 Å². The van der Waals surface area contributed by atoms with E-state index in [4.69, 9.17) is 4.74 Å². The second kappa shape index (κ2) is 6.51. The minimum atomic E-state index is -0.850. The standard InChI is InChI=1S/C16H16F2N2O2/c1-9-6-10(2)19-11(3)16(9)20-15(21)8-22-14-5-4-12(17)7-13(14)18/h4-7H,8H2,1-3H3,(H,20,21). The Balaban J connectivity index is 2.02. The first-order valence-corrected chi connectivity index (χ1v) is 6.69. The lowest BCUT2D eigenvalue weighted by Gasteiger charge is -2.12. The van der Waals surface area contributed by atoms with E-state index in [-0.39, 0.29) is 12.4 Å². The number of hydrogen-bond acceptors (Lipinski definition) is 3. The number of aromatic nitrogens is 1. The minimum absolute atomic E-state index is 0.174. The van der Waals surface area contributed by atoms with Crippen LogP contribution in [0.2, 0.25) is 0 Å². The van der Waals surface area contributed by atoms with Crippen molar-refractivity contribution in [2.45, 2.75) is 20.8 Å². The second-order valence-electron chi connectivity index (χ2n) is 4.95. The molecule has 6 heteroatoms. The Bertz CT molecular complexity index is 694. The number of halogens is 2. The molecule has 2 aromatic rings. The zero-order valence-electron chi connectivity index (χ0n) is 12.5. The molecule has 0 saturated heterocycles. The first kappa shape index (κ1) is 15.9. The summed E-state index contributed by atoms with van der Waals surface area (Å²) in [5.41, 5.74) is 3.04. The van der Waals surface area contributed by atoms with Crippen LogP contribution in [0.1, 0.15) is 17.0 Å². The van der Waals surface area contributed by atoms with Gasteiger partial charge in [-0.05, 0) is 44.5 Å². The predicted molar refractivity (Wildman–Crippen MR) is 78.9 cm³/mol. The van der Waals surface area contributed by atoms with Crippen molar-refractivity contribution in [3.63, 3.8) is 0 Å². The summed E-state index contributed by atoms with van der Waals surface area (Å²) < 4.78 is 31.2. The Labute approximate surface area is 127 Å². The van der Waals surface area contributed by atoms with Gasteiger partial charge in [-0.2, -0.15) is 0 Å². The van der Waals surface area contributed by atoms with Crippen LogP contribution in [0.5, 0.6) is 5.75 Å². The fourth-order valence-corrected chi connectivity index (χ4v) is 2.12. The van der Waals surface area contributed by atoms with Gasteiger partial charge in [0.15, 0.2) is 18.2 Å². The number of carbonyl (C=O) groups excluding carboxylic acids is 1. The van der Waals surface area contributed by atoms with Gasteiger partial charge in [-0.15, -0.1) is 0 Å². The Hall–Kier alpha value is -2.50. The van der Waals surface area contributed by atoms with Gasteiger partial charge in [-0.3, -0.25) is 9.78 Å². The van der Waals surface area contributed by atoms with Gasteiger partial charge in [0.2, 0.25) is 0 Å². The van der Waals surface area contributed by atoms with E-state index in [0.29, 0.717) is 17.4 Å². The quantitative estimate of drug-likeness (QED) is 0.943. The lowest BCUT2D eigenvalue weighted by Crippen LogP contribution is -2.22.